The lowest BCUT2D eigenvalue weighted by Crippen LogP contribution is -2.61. The number of pyridine rings is 2. The third kappa shape index (κ3) is 6.56. The Balaban J connectivity index is 1.29. The minimum atomic E-state index is -0.593. The summed E-state index contributed by atoms with van der Waals surface area (Å²) in [5, 5.41) is 3.82. The molecular weight excluding hydrogens is 614 g/mol. The van der Waals surface area contributed by atoms with Crippen LogP contribution in [-0.4, -0.2) is 57.3 Å². The SMILES string of the molecule is O=C(NCc1cccnc1)C1CN(C2c3ccc(Cl)cc3CCc3cc(Br)cnc32)CCN1C(=O)CCC1CCCC1. The van der Waals surface area contributed by atoms with Crippen molar-refractivity contribution in [1.29, 1.82) is 0 Å². The maximum absolute atomic E-state index is 13.8. The Hall–Kier alpha value is -2.81. The summed E-state index contributed by atoms with van der Waals surface area (Å²) < 4.78 is 0.953. The first-order chi connectivity index (χ1) is 20.5. The third-order valence-electron chi connectivity index (χ3n) is 9.12. The Morgan fingerprint density at radius 2 is 1.88 bits per heavy atom. The number of aromatic nitrogens is 2. The molecule has 2 fully saturated rings. The number of halogens is 2. The van der Waals surface area contributed by atoms with Gasteiger partial charge < -0.3 is 10.2 Å². The van der Waals surface area contributed by atoms with Crippen LogP contribution >= 0.6 is 27.5 Å². The molecule has 3 aromatic rings. The summed E-state index contributed by atoms with van der Waals surface area (Å²) in [6, 6.07) is 11.3. The highest BCUT2D eigenvalue weighted by Crippen LogP contribution is 2.39. The molecule has 0 radical (unpaired) electrons. The number of carbonyl (C=O) groups is 2. The fraction of sp³-hybridized carbons (Fsp3) is 0.455. The van der Waals surface area contributed by atoms with Crippen molar-refractivity contribution in [3.63, 3.8) is 0 Å². The van der Waals surface area contributed by atoms with Crippen molar-refractivity contribution < 1.29 is 9.59 Å². The van der Waals surface area contributed by atoms with Gasteiger partial charge >= 0.3 is 0 Å². The van der Waals surface area contributed by atoms with Crippen molar-refractivity contribution in [3.8, 4) is 0 Å². The zero-order valence-electron chi connectivity index (χ0n) is 23.8. The van der Waals surface area contributed by atoms with E-state index in [1.807, 2.05) is 29.3 Å². The Bertz CT molecular complexity index is 1380. The maximum atomic E-state index is 13.8. The number of carbonyl (C=O) groups excluding carboxylic acids is 2. The van der Waals surface area contributed by atoms with E-state index in [0.717, 1.165) is 40.0 Å². The Kier molecular flexibility index (Phi) is 9.22. The van der Waals surface area contributed by atoms with Crippen molar-refractivity contribution in [1.82, 2.24) is 25.1 Å². The van der Waals surface area contributed by atoms with Crippen LogP contribution in [0.5, 0.6) is 0 Å². The van der Waals surface area contributed by atoms with Gasteiger partial charge in [-0.1, -0.05) is 49.4 Å². The van der Waals surface area contributed by atoms with E-state index in [4.69, 9.17) is 16.6 Å². The largest absolute Gasteiger partial charge is 0.350 e. The molecule has 3 aliphatic rings. The second-order valence-corrected chi connectivity index (χ2v) is 13.2. The molecule has 6 rings (SSSR count). The summed E-state index contributed by atoms with van der Waals surface area (Å²) in [6.45, 7) is 1.96. The van der Waals surface area contributed by atoms with Crippen LogP contribution in [0.4, 0.5) is 0 Å². The first-order valence-corrected chi connectivity index (χ1v) is 16.3. The van der Waals surface area contributed by atoms with Gasteiger partial charge in [-0.05, 0) is 87.6 Å². The van der Waals surface area contributed by atoms with Gasteiger partial charge in [-0.3, -0.25) is 24.5 Å². The van der Waals surface area contributed by atoms with Crippen molar-refractivity contribution in [2.24, 2.45) is 5.92 Å². The molecule has 220 valence electrons. The monoisotopic (exact) mass is 649 g/mol. The molecule has 1 aromatic carbocycles. The summed E-state index contributed by atoms with van der Waals surface area (Å²) in [6.07, 6.45) is 13.4. The fourth-order valence-electron chi connectivity index (χ4n) is 6.92. The normalized spacial score (nSPS) is 21.0. The molecule has 2 aromatic heterocycles. The van der Waals surface area contributed by atoms with Gasteiger partial charge in [0, 0.05) is 60.7 Å². The highest BCUT2D eigenvalue weighted by molar-refractivity contribution is 9.10. The maximum Gasteiger partial charge on any atom is 0.244 e. The standard InChI is InChI=1S/C33H37BrClN5O2/c34-26-16-25-9-8-24-17-27(35)10-11-28(24)32(31(25)37-20-26)39-14-15-40(30(41)12-7-22-4-1-2-5-22)29(21-39)33(42)38-19-23-6-3-13-36-18-23/h3,6,10-11,13,16-18,20,22,29,32H,1-2,4-5,7-9,12,14-15,19,21H2,(H,38,42). The van der Waals surface area contributed by atoms with Crippen molar-refractivity contribution in [2.45, 2.75) is 70.0 Å². The number of benzene rings is 1. The molecule has 3 heterocycles. The summed E-state index contributed by atoms with van der Waals surface area (Å²) in [5.41, 5.74) is 5.50. The number of hydrogen-bond acceptors (Lipinski definition) is 5. The van der Waals surface area contributed by atoms with Crippen LogP contribution in [0.15, 0.2) is 59.5 Å². The molecule has 1 saturated heterocycles. The van der Waals surface area contributed by atoms with E-state index in [2.05, 4.69) is 49.3 Å². The van der Waals surface area contributed by atoms with Gasteiger partial charge in [0.05, 0.1) is 11.7 Å². The lowest BCUT2D eigenvalue weighted by Gasteiger charge is -2.44. The minimum absolute atomic E-state index is 0.0820. The van der Waals surface area contributed by atoms with Gasteiger partial charge in [-0.2, -0.15) is 0 Å². The molecule has 2 aliphatic carbocycles. The summed E-state index contributed by atoms with van der Waals surface area (Å²) in [7, 11) is 0. The van der Waals surface area contributed by atoms with Gasteiger partial charge in [0.25, 0.3) is 0 Å². The smallest absolute Gasteiger partial charge is 0.244 e. The Labute approximate surface area is 261 Å². The van der Waals surface area contributed by atoms with E-state index in [9.17, 15) is 9.59 Å². The minimum Gasteiger partial charge on any atom is -0.350 e. The quantitative estimate of drug-likeness (QED) is 0.346. The molecule has 7 nitrogen and oxygen atoms in total. The second kappa shape index (κ2) is 13.2. The molecule has 1 N–H and O–H groups in total. The predicted molar refractivity (Wildman–Crippen MR) is 167 cm³/mol. The highest BCUT2D eigenvalue weighted by atomic mass is 79.9. The number of fused-ring (bicyclic) bond motifs is 2. The number of nitrogens with zero attached hydrogens (tertiary/aromatic N) is 4. The lowest BCUT2D eigenvalue weighted by molar-refractivity contribution is -0.144. The van der Waals surface area contributed by atoms with Gasteiger partial charge in [0.1, 0.15) is 6.04 Å². The first-order valence-electron chi connectivity index (χ1n) is 15.1. The Morgan fingerprint density at radius 3 is 2.69 bits per heavy atom. The predicted octanol–water partition coefficient (Wildman–Crippen LogP) is 5.88. The molecule has 2 amide bonds. The molecule has 42 heavy (non-hydrogen) atoms. The van der Waals surface area contributed by atoms with Crippen molar-refractivity contribution in [3.05, 3.63) is 92.4 Å². The van der Waals surface area contributed by atoms with E-state index < -0.39 is 6.04 Å². The van der Waals surface area contributed by atoms with Crippen molar-refractivity contribution >= 4 is 39.3 Å². The molecule has 0 bridgehead atoms. The van der Waals surface area contributed by atoms with Gasteiger partial charge in [0.15, 0.2) is 0 Å². The number of hydrogen-bond donors (Lipinski definition) is 1. The number of aryl methyl sites for hydroxylation is 2. The summed E-state index contributed by atoms with van der Waals surface area (Å²) in [5.74, 6) is 0.578. The lowest BCUT2D eigenvalue weighted by atomic mass is 9.94. The van der Waals surface area contributed by atoms with E-state index in [0.29, 0.717) is 38.5 Å². The fourth-order valence-corrected chi connectivity index (χ4v) is 7.50. The molecule has 0 spiro atoms. The van der Waals surface area contributed by atoms with E-state index in [1.54, 1.807) is 12.4 Å². The first kappa shape index (κ1) is 29.3. The van der Waals surface area contributed by atoms with Crippen LogP contribution < -0.4 is 5.32 Å². The van der Waals surface area contributed by atoms with Crippen LogP contribution in [0.2, 0.25) is 5.02 Å². The molecular formula is C33H37BrClN5O2. The van der Waals surface area contributed by atoms with E-state index >= 15 is 0 Å². The molecule has 2 atom stereocenters. The topological polar surface area (TPSA) is 78.4 Å². The van der Waals surface area contributed by atoms with Crippen LogP contribution in [-0.2, 0) is 29.0 Å². The molecule has 9 heteroatoms. The van der Waals surface area contributed by atoms with E-state index in [-0.39, 0.29) is 17.9 Å². The second-order valence-electron chi connectivity index (χ2n) is 11.8. The number of amides is 2. The van der Waals surface area contributed by atoms with Crippen LogP contribution in [0.1, 0.15) is 72.5 Å². The highest BCUT2D eigenvalue weighted by Gasteiger charge is 2.40. The zero-order valence-corrected chi connectivity index (χ0v) is 26.1. The number of rotatable bonds is 7. The van der Waals surface area contributed by atoms with E-state index in [1.165, 1.54) is 42.4 Å². The third-order valence-corrected chi connectivity index (χ3v) is 9.79. The number of piperazine rings is 1. The summed E-state index contributed by atoms with van der Waals surface area (Å²) >= 11 is 10.1. The molecule has 2 unspecified atom stereocenters. The average Bonchev–Trinajstić information content (AvgIpc) is 3.48. The van der Waals surface area contributed by atoms with Crippen LogP contribution in [0.3, 0.4) is 0 Å². The van der Waals surface area contributed by atoms with Crippen molar-refractivity contribution in [2.75, 3.05) is 19.6 Å². The summed E-state index contributed by atoms with van der Waals surface area (Å²) in [4.78, 5) is 40.7. The van der Waals surface area contributed by atoms with Gasteiger partial charge in [-0.15, -0.1) is 0 Å². The molecule has 1 aliphatic heterocycles. The van der Waals surface area contributed by atoms with Crippen LogP contribution in [0, 0.1) is 5.92 Å². The zero-order chi connectivity index (χ0) is 29.1. The van der Waals surface area contributed by atoms with Gasteiger partial charge in [0.2, 0.25) is 11.8 Å². The molecule has 1 saturated carbocycles. The average molecular weight is 651 g/mol. The van der Waals surface area contributed by atoms with Gasteiger partial charge in [-0.25, -0.2) is 0 Å². The Morgan fingerprint density at radius 1 is 1.05 bits per heavy atom. The number of nitrogens with one attached hydrogen (secondary N) is 1. The van der Waals surface area contributed by atoms with Crippen LogP contribution in [0.25, 0.3) is 0 Å².